The predicted octanol–water partition coefficient (Wildman–Crippen LogP) is 2.90. The summed E-state index contributed by atoms with van der Waals surface area (Å²) < 4.78 is 15.6. The third-order valence-corrected chi connectivity index (χ3v) is 4.81. The first-order valence-corrected chi connectivity index (χ1v) is 9.11. The van der Waals surface area contributed by atoms with Gasteiger partial charge in [0.05, 0.1) is 25.9 Å². The van der Waals surface area contributed by atoms with E-state index in [2.05, 4.69) is 10.5 Å². The van der Waals surface area contributed by atoms with Crippen molar-refractivity contribution in [2.45, 2.75) is 32.3 Å². The molecule has 2 amide bonds. The van der Waals surface area contributed by atoms with Gasteiger partial charge in [0.1, 0.15) is 6.10 Å². The molecular formula is C19H21N3O5. The van der Waals surface area contributed by atoms with Gasteiger partial charge < -0.3 is 19.3 Å². The standard InChI is InChI=1S/C19H21N3O5/c1-2-25-18(23)20-10-15-11-22(19(24)26-15)14-6-7-16-12(8-14)4-3-5-13-9-21-27-17(13)16/h6-9,15H,2-5,10-11H2,1H3,(H,20,23). The first kappa shape index (κ1) is 17.4. The third kappa shape index (κ3) is 3.47. The number of carbonyl (C=O) groups is 2. The van der Waals surface area contributed by atoms with Crippen molar-refractivity contribution in [3.05, 3.63) is 35.5 Å². The van der Waals surface area contributed by atoms with Gasteiger partial charge >= 0.3 is 12.2 Å². The van der Waals surface area contributed by atoms with Crippen LogP contribution in [0.4, 0.5) is 15.3 Å². The number of alkyl carbamates (subject to hydrolysis) is 1. The summed E-state index contributed by atoms with van der Waals surface area (Å²) in [5.74, 6) is 0.814. The zero-order chi connectivity index (χ0) is 18.8. The van der Waals surface area contributed by atoms with Crippen LogP contribution in [0.1, 0.15) is 24.5 Å². The van der Waals surface area contributed by atoms with Crippen molar-refractivity contribution in [3.63, 3.8) is 0 Å². The normalized spacial score (nSPS) is 18.3. The molecule has 0 spiro atoms. The molecule has 1 aromatic carbocycles. The van der Waals surface area contributed by atoms with Crippen LogP contribution in [-0.2, 0) is 22.3 Å². The van der Waals surface area contributed by atoms with E-state index in [1.165, 1.54) is 0 Å². The summed E-state index contributed by atoms with van der Waals surface area (Å²) in [5.41, 5.74) is 4.05. The van der Waals surface area contributed by atoms with E-state index in [0.717, 1.165) is 47.4 Å². The molecule has 0 bridgehead atoms. The van der Waals surface area contributed by atoms with Crippen LogP contribution < -0.4 is 10.2 Å². The van der Waals surface area contributed by atoms with Gasteiger partial charge in [0.15, 0.2) is 5.76 Å². The van der Waals surface area contributed by atoms with E-state index in [9.17, 15) is 9.59 Å². The number of fused-ring (bicyclic) bond motifs is 3. The van der Waals surface area contributed by atoms with E-state index in [4.69, 9.17) is 14.0 Å². The van der Waals surface area contributed by atoms with Crippen LogP contribution in [0.15, 0.2) is 28.9 Å². The molecule has 2 aromatic rings. The average molecular weight is 371 g/mol. The number of carbonyl (C=O) groups excluding carboxylic acids is 2. The monoisotopic (exact) mass is 371 g/mol. The largest absolute Gasteiger partial charge is 0.450 e. The maximum absolute atomic E-state index is 12.3. The molecule has 0 saturated carbocycles. The van der Waals surface area contributed by atoms with E-state index in [0.29, 0.717) is 13.2 Å². The Morgan fingerprint density at radius 2 is 2.22 bits per heavy atom. The summed E-state index contributed by atoms with van der Waals surface area (Å²) >= 11 is 0. The van der Waals surface area contributed by atoms with E-state index in [-0.39, 0.29) is 6.54 Å². The van der Waals surface area contributed by atoms with Crippen LogP contribution in [0.3, 0.4) is 0 Å². The molecule has 2 aliphatic rings. The zero-order valence-electron chi connectivity index (χ0n) is 15.1. The summed E-state index contributed by atoms with van der Waals surface area (Å²) in [5, 5.41) is 6.51. The molecule has 1 N–H and O–H groups in total. The van der Waals surface area contributed by atoms with Crippen molar-refractivity contribution >= 4 is 17.9 Å². The second-order valence-corrected chi connectivity index (χ2v) is 6.59. The smallest absolute Gasteiger partial charge is 0.414 e. The third-order valence-electron chi connectivity index (χ3n) is 4.81. The Kier molecular flexibility index (Phi) is 4.70. The molecule has 142 valence electrons. The fraction of sp³-hybridized carbons (Fsp3) is 0.421. The summed E-state index contributed by atoms with van der Waals surface area (Å²) in [6.45, 7) is 2.62. The zero-order valence-corrected chi connectivity index (χ0v) is 15.1. The topological polar surface area (TPSA) is 93.9 Å². The Hall–Kier alpha value is -3.03. The summed E-state index contributed by atoms with van der Waals surface area (Å²) in [7, 11) is 0. The highest BCUT2D eigenvalue weighted by Gasteiger charge is 2.33. The lowest BCUT2D eigenvalue weighted by Gasteiger charge is -2.15. The minimum atomic E-state index is -0.514. The molecule has 1 aliphatic carbocycles. The Bertz CT molecular complexity index is 863. The van der Waals surface area contributed by atoms with Crippen molar-refractivity contribution in [1.82, 2.24) is 10.5 Å². The molecule has 8 nitrogen and oxygen atoms in total. The predicted molar refractivity (Wildman–Crippen MR) is 96.6 cm³/mol. The van der Waals surface area contributed by atoms with Crippen LogP contribution in [0, 0.1) is 0 Å². The number of benzene rings is 1. The summed E-state index contributed by atoms with van der Waals surface area (Å²) in [4.78, 5) is 25.3. The van der Waals surface area contributed by atoms with Crippen LogP contribution in [0.25, 0.3) is 11.3 Å². The summed E-state index contributed by atoms with van der Waals surface area (Å²) in [6, 6.07) is 5.87. The number of aromatic nitrogens is 1. The van der Waals surface area contributed by atoms with Gasteiger partial charge in [0, 0.05) is 16.8 Å². The number of aryl methyl sites for hydroxylation is 2. The fourth-order valence-electron chi connectivity index (χ4n) is 3.52. The molecule has 4 rings (SSSR count). The van der Waals surface area contributed by atoms with Crippen molar-refractivity contribution in [2.75, 3.05) is 24.6 Å². The molecular weight excluding hydrogens is 350 g/mol. The van der Waals surface area contributed by atoms with Crippen LogP contribution in [0.2, 0.25) is 0 Å². The Morgan fingerprint density at radius 1 is 1.37 bits per heavy atom. The van der Waals surface area contributed by atoms with Gasteiger partial charge in [-0.05, 0) is 49.9 Å². The van der Waals surface area contributed by atoms with Crippen molar-refractivity contribution < 1.29 is 23.6 Å². The molecule has 27 heavy (non-hydrogen) atoms. The minimum Gasteiger partial charge on any atom is -0.450 e. The minimum absolute atomic E-state index is 0.216. The molecule has 8 heteroatoms. The van der Waals surface area contributed by atoms with Crippen molar-refractivity contribution in [2.24, 2.45) is 0 Å². The van der Waals surface area contributed by atoms with Gasteiger partial charge in [-0.25, -0.2) is 9.59 Å². The number of rotatable bonds is 4. The molecule has 2 heterocycles. The lowest BCUT2D eigenvalue weighted by Crippen LogP contribution is -2.35. The number of nitrogens with zero attached hydrogens (tertiary/aromatic N) is 2. The van der Waals surface area contributed by atoms with Gasteiger partial charge in [-0.15, -0.1) is 0 Å². The summed E-state index contributed by atoms with van der Waals surface area (Å²) in [6.07, 6.45) is 3.26. The maximum Gasteiger partial charge on any atom is 0.414 e. The maximum atomic E-state index is 12.3. The molecule has 1 aromatic heterocycles. The van der Waals surface area contributed by atoms with Crippen molar-refractivity contribution in [1.29, 1.82) is 0 Å². The molecule has 1 aliphatic heterocycles. The second kappa shape index (κ2) is 7.30. The lowest BCUT2D eigenvalue weighted by atomic mass is 10.0. The number of anilines is 1. The molecule has 1 unspecified atom stereocenters. The van der Waals surface area contributed by atoms with Crippen LogP contribution >= 0.6 is 0 Å². The Labute approximate surface area is 156 Å². The molecule has 1 atom stereocenters. The van der Waals surface area contributed by atoms with Crippen LogP contribution in [0.5, 0.6) is 0 Å². The molecule has 0 radical (unpaired) electrons. The average Bonchev–Trinajstić information content (AvgIpc) is 3.23. The van der Waals surface area contributed by atoms with Gasteiger partial charge in [-0.3, -0.25) is 4.90 Å². The van der Waals surface area contributed by atoms with Crippen molar-refractivity contribution in [3.8, 4) is 11.3 Å². The number of nitrogens with one attached hydrogen (secondary N) is 1. The van der Waals surface area contributed by atoms with Gasteiger partial charge in [-0.2, -0.15) is 0 Å². The van der Waals surface area contributed by atoms with Gasteiger partial charge in [-0.1, -0.05) is 5.16 Å². The van der Waals surface area contributed by atoms with Crippen LogP contribution in [-0.4, -0.2) is 43.1 Å². The molecule has 1 saturated heterocycles. The van der Waals surface area contributed by atoms with E-state index < -0.39 is 18.3 Å². The first-order chi connectivity index (χ1) is 13.2. The Morgan fingerprint density at radius 3 is 3.07 bits per heavy atom. The number of hydrogen-bond acceptors (Lipinski definition) is 6. The van der Waals surface area contributed by atoms with E-state index in [1.807, 2.05) is 18.2 Å². The number of hydrogen-bond donors (Lipinski definition) is 1. The Balaban J connectivity index is 1.49. The first-order valence-electron chi connectivity index (χ1n) is 9.11. The van der Waals surface area contributed by atoms with E-state index >= 15 is 0 Å². The highest BCUT2D eigenvalue weighted by Crippen LogP contribution is 2.35. The molecule has 1 fully saturated rings. The quantitative estimate of drug-likeness (QED) is 0.888. The SMILES string of the molecule is CCOC(=O)NCC1CN(c2ccc3c(c2)CCCc2cnoc2-3)C(=O)O1. The highest BCUT2D eigenvalue weighted by molar-refractivity contribution is 5.90. The number of amides is 2. The van der Waals surface area contributed by atoms with Gasteiger partial charge in [0.25, 0.3) is 0 Å². The van der Waals surface area contributed by atoms with E-state index in [1.54, 1.807) is 18.0 Å². The lowest BCUT2D eigenvalue weighted by molar-refractivity contribution is 0.127. The van der Waals surface area contributed by atoms with Gasteiger partial charge in [0.2, 0.25) is 0 Å². The second-order valence-electron chi connectivity index (χ2n) is 6.59. The number of ether oxygens (including phenoxy) is 2. The fourth-order valence-corrected chi connectivity index (χ4v) is 3.52. The highest BCUT2D eigenvalue weighted by atomic mass is 16.6. The number of cyclic esters (lactones) is 1.